The van der Waals surface area contributed by atoms with Crippen molar-refractivity contribution >= 4 is 0 Å². The van der Waals surface area contributed by atoms with Gasteiger partial charge in [-0.2, -0.15) is 0 Å². The molecule has 1 unspecified atom stereocenters. The Balaban J connectivity index is 1.48. The van der Waals surface area contributed by atoms with E-state index < -0.39 is 0 Å². The van der Waals surface area contributed by atoms with Gasteiger partial charge in [-0.15, -0.1) is 0 Å². The van der Waals surface area contributed by atoms with Crippen LogP contribution in [0.3, 0.4) is 0 Å². The Bertz CT molecular complexity index is 845. The molecule has 27 heavy (non-hydrogen) atoms. The maximum atomic E-state index is 10.7. The first kappa shape index (κ1) is 18.0. The zero-order valence-electron chi connectivity index (χ0n) is 15.8. The van der Waals surface area contributed by atoms with Crippen molar-refractivity contribution in [3.05, 3.63) is 96.1 Å². The van der Waals surface area contributed by atoms with Gasteiger partial charge in [-0.3, -0.25) is 4.90 Å². The number of aliphatic hydroxyl groups is 1. The summed E-state index contributed by atoms with van der Waals surface area (Å²) < 4.78 is 0. The molecule has 1 aliphatic heterocycles. The summed E-state index contributed by atoms with van der Waals surface area (Å²) in [5.74, 6) is 0.308. The highest BCUT2D eigenvalue weighted by atomic mass is 16.3. The molecular formula is C25H27NO. The van der Waals surface area contributed by atoms with Crippen LogP contribution in [-0.2, 0) is 13.0 Å². The smallest absolute Gasteiger partial charge is 0.110 e. The average Bonchev–Trinajstić information content (AvgIpc) is 2.97. The van der Waals surface area contributed by atoms with Crippen molar-refractivity contribution in [3.63, 3.8) is 0 Å². The van der Waals surface area contributed by atoms with Gasteiger partial charge in [0.05, 0.1) is 0 Å². The lowest BCUT2D eigenvalue weighted by molar-refractivity contribution is -0.00889. The maximum absolute atomic E-state index is 10.7. The highest BCUT2D eigenvalue weighted by Gasteiger charge is 2.37. The summed E-state index contributed by atoms with van der Waals surface area (Å²) in [5, 5.41) is 10.7. The van der Waals surface area contributed by atoms with E-state index in [1.165, 1.54) is 22.3 Å². The van der Waals surface area contributed by atoms with Gasteiger partial charge in [-0.25, -0.2) is 0 Å². The predicted octanol–water partition coefficient (Wildman–Crippen LogP) is 5.13. The Kier molecular flexibility index (Phi) is 5.38. The van der Waals surface area contributed by atoms with E-state index in [0.717, 1.165) is 19.4 Å². The van der Waals surface area contributed by atoms with Crippen LogP contribution >= 0.6 is 0 Å². The number of hydrogen-bond acceptors (Lipinski definition) is 2. The van der Waals surface area contributed by atoms with Gasteiger partial charge >= 0.3 is 0 Å². The largest absolute Gasteiger partial charge is 0.378 e. The lowest BCUT2D eigenvalue weighted by Crippen LogP contribution is -2.37. The van der Waals surface area contributed by atoms with Gasteiger partial charge in [-0.1, -0.05) is 91.9 Å². The van der Waals surface area contributed by atoms with E-state index in [2.05, 4.69) is 84.6 Å². The molecule has 1 fully saturated rings. The molecule has 1 aliphatic rings. The summed E-state index contributed by atoms with van der Waals surface area (Å²) in [7, 11) is 0. The van der Waals surface area contributed by atoms with Crippen LogP contribution in [0.25, 0.3) is 11.1 Å². The zero-order valence-corrected chi connectivity index (χ0v) is 15.8. The van der Waals surface area contributed by atoms with Crippen LogP contribution in [0.2, 0.25) is 0 Å². The summed E-state index contributed by atoms with van der Waals surface area (Å²) in [4.78, 5) is 2.27. The van der Waals surface area contributed by atoms with Gasteiger partial charge in [0.2, 0.25) is 0 Å². The van der Waals surface area contributed by atoms with Crippen LogP contribution in [0.5, 0.6) is 0 Å². The first-order valence-electron chi connectivity index (χ1n) is 9.83. The molecule has 3 atom stereocenters. The number of rotatable bonds is 5. The van der Waals surface area contributed by atoms with Crippen LogP contribution < -0.4 is 0 Å². The SMILES string of the molecule is C[C@@H]1C[C@@H](Cc2ccc(-c3ccccc3)cc2)N(Cc2ccccc2)C1O. The topological polar surface area (TPSA) is 23.5 Å². The zero-order chi connectivity index (χ0) is 18.6. The standard InChI is InChI=1S/C25H27NO/c1-19-16-24(26(25(19)27)18-21-8-4-2-5-9-21)17-20-12-14-23(15-13-20)22-10-6-3-7-11-22/h2-15,19,24-25,27H,16-18H2,1H3/t19-,24+,25?/m1/s1. The Hall–Kier alpha value is -2.42. The minimum atomic E-state index is -0.362. The third-order valence-corrected chi connectivity index (χ3v) is 5.70. The maximum Gasteiger partial charge on any atom is 0.110 e. The molecule has 1 heterocycles. The Morgan fingerprint density at radius 1 is 0.778 bits per heavy atom. The molecule has 0 saturated carbocycles. The normalized spacial score (nSPS) is 22.8. The summed E-state index contributed by atoms with van der Waals surface area (Å²) in [5.41, 5.74) is 5.09. The summed E-state index contributed by atoms with van der Waals surface area (Å²) in [6.07, 6.45) is 1.65. The number of hydrogen-bond donors (Lipinski definition) is 1. The van der Waals surface area contributed by atoms with Gasteiger partial charge in [0.1, 0.15) is 6.23 Å². The van der Waals surface area contributed by atoms with Crippen molar-refractivity contribution in [2.45, 2.75) is 38.6 Å². The van der Waals surface area contributed by atoms with E-state index >= 15 is 0 Å². The second kappa shape index (κ2) is 8.08. The van der Waals surface area contributed by atoms with Crippen molar-refractivity contribution < 1.29 is 5.11 Å². The van der Waals surface area contributed by atoms with Gasteiger partial charge in [-0.05, 0) is 41.0 Å². The molecule has 0 aromatic heterocycles. The third-order valence-electron chi connectivity index (χ3n) is 5.70. The van der Waals surface area contributed by atoms with Crippen molar-refractivity contribution in [3.8, 4) is 11.1 Å². The molecule has 138 valence electrons. The molecule has 2 nitrogen and oxygen atoms in total. The molecule has 1 saturated heterocycles. The van der Waals surface area contributed by atoms with Crippen molar-refractivity contribution in [2.24, 2.45) is 5.92 Å². The fraction of sp³-hybridized carbons (Fsp3) is 0.280. The molecular weight excluding hydrogens is 330 g/mol. The van der Waals surface area contributed by atoms with E-state index in [4.69, 9.17) is 0 Å². The molecule has 0 aliphatic carbocycles. The highest BCUT2D eigenvalue weighted by Crippen LogP contribution is 2.32. The lowest BCUT2D eigenvalue weighted by atomic mass is 9.98. The highest BCUT2D eigenvalue weighted by molar-refractivity contribution is 5.63. The number of likely N-dealkylation sites (tertiary alicyclic amines) is 1. The number of aliphatic hydroxyl groups excluding tert-OH is 1. The minimum Gasteiger partial charge on any atom is -0.378 e. The molecule has 0 spiro atoms. The minimum absolute atomic E-state index is 0.308. The number of benzene rings is 3. The van der Waals surface area contributed by atoms with Crippen LogP contribution in [0.1, 0.15) is 24.5 Å². The van der Waals surface area contributed by atoms with Crippen molar-refractivity contribution in [2.75, 3.05) is 0 Å². The fourth-order valence-electron chi connectivity index (χ4n) is 4.18. The molecule has 3 aromatic rings. The van der Waals surface area contributed by atoms with E-state index in [1.807, 2.05) is 12.1 Å². The third kappa shape index (κ3) is 4.13. The van der Waals surface area contributed by atoms with E-state index in [0.29, 0.717) is 12.0 Å². The molecule has 0 bridgehead atoms. The summed E-state index contributed by atoms with van der Waals surface area (Å²) in [6, 6.07) is 30.2. The Morgan fingerprint density at radius 3 is 2.04 bits per heavy atom. The molecule has 1 N–H and O–H groups in total. The van der Waals surface area contributed by atoms with E-state index in [1.54, 1.807) is 0 Å². The van der Waals surface area contributed by atoms with Gasteiger partial charge in [0.15, 0.2) is 0 Å². The Labute approximate surface area is 162 Å². The van der Waals surface area contributed by atoms with Crippen molar-refractivity contribution in [1.82, 2.24) is 4.90 Å². The van der Waals surface area contributed by atoms with E-state index in [9.17, 15) is 5.11 Å². The summed E-state index contributed by atoms with van der Waals surface area (Å²) >= 11 is 0. The van der Waals surface area contributed by atoms with Gasteiger partial charge < -0.3 is 5.11 Å². The fourth-order valence-corrected chi connectivity index (χ4v) is 4.18. The van der Waals surface area contributed by atoms with Gasteiger partial charge in [0, 0.05) is 12.6 Å². The first-order chi connectivity index (χ1) is 13.2. The van der Waals surface area contributed by atoms with Crippen LogP contribution in [0.15, 0.2) is 84.9 Å². The molecule has 3 aromatic carbocycles. The van der Waals surface area contributed by atoms with Crippen molar-refractivity contribution in [1.29, 1.82) is 0 Å². The molecule has 0 radical (unpaired) electrons. The lowest BCUT2D eigenvalue weighted by Gasteiger charge is -2.28. The monoisotopic (exact) mass is 357 g/mol. The van der Waals surface area contributed by atoms with Crippen LogP contribution in [0.4, 0.5) is 0 Å². The second-order valence-electron chi connectivity index (χ2n) is 7.71. The average molecular weight is 357 g/mol. The summed E-state index contributed by atoms with van der Waals surface area (Å²) in [6.45, 7) is 2.96. The number of nitrogens with zero attached hydrogens (tertiary/aromatic N) is 1. The molecule has 4 rings (SSSR count). The Morgan fingerprint density at radius 2 is 1.37 bits per heavy atom. The first-order valence-corrected chi connectivity index (χ1v) is 9.83. The van der Waals surface area contributed by atoms with Crippen LogP contribution in [-0.4, -0.2) is 22.3 Å². The molecule has 0 amide bonds. The molecule has 2 heteroatoms. The van der Waals surface area contributed by atoms with E-state index in [-0.39, 0.29) is 6.23 Å². The quantitative estimate of drug-likeness (QED) is 0.685. The predicted molar refractivity (Wildman–Crippen MR) is 111 cm³/mol. The van der Waals surface area contributed by atoms with Crippen LogP contribution in [0, 0.1) is 5.92 Å². The van der Waals surface area contributed by atoms with Gasteiger partial charge in [0.25, 0.3) is 0 Å². The second-order valence-corrected chi connectivity index (χ2v) is 7.71.